The summed E-state index contributed by atoms with van der Waals surface area (Å²) in [6, 6.07) is 14.3. The van der Waals surface area contributed by atoms with Crippen molar-refractivity contribution in [3.8, 4) is 5.75 Å². The van der Waals surface area contributed by atoms with Gasteiger partial charge in [0.25, 0.3) is 0 Å². The van der Waals surface area contributed by atoms with Gasteiger partial charge in [0.1, 0.15) is 5.75 Å². The Bertz CT molecular complexity index is 785. The van der Waals surface area contributed by atoms with E-state index in [-0.39, 0.29) is 0 Å². The molecule has 0 spiro atoms. The Balaban J connectivity index is 1.93. The van der Waals surface area contributed by atoms with Crippen LogP contribution >= 0.6 is 0 Å². The number of aromatic carboxylic acids is 1. The molecule has 1 aliphatic heterocycles. The second kappa shape index (κ2) is 9.05. The highest BCUT2D eigenvalue weighted by Crippen LogP contribution is 2.25. The second-order valence-electron chi connectivity index (χ2n) is 7.60. The molecule has 0 aliphatic carbocycles. The quantitative estimate of drug-likeness (QED) is 0.832. The van der Waals surface area contributed by atoms with Gasteiger partial charge in [-0.05, 0) is 74.5 Å². The van der Waals surface area contributed by atoms with Crippen LogP contribution in [0.25, 0.3) is 0 Å². The first-order valence-corrected chi connectivity index (χ1v) is 9.84. The van der Waals surface area contributed by atoms with Crippen LogP contribution in [0, 0.1) is 0 Å². The third kappa shape index (κ3) is 5.33. The van der Waals surface area contributed by atoms with Crippen LogP contribution in [0.5, 0.6) is 5.75 Å². The van der Waals surface area contributed by atoms with Crippen molar-refractivity contribution in [2.75, 3.05) is 13.2 Å². The maximum Gasteiger partial charge on any atom is 0.335 e. The predicted molar refractivity (Wildman–Crippen MR) is 108 cm³/mol. The fraction of sp³-hybridized carbons (Fsp3) is 0.435. The van der Waals surface area contributed by atoms with E-state index in [0.29, 0.717) is 24.6 Å². The van der Waals surface area contributed by atoms with E-state index in [0.717, 1.165) is 43.7 Å². The van der Waals surface area contributed by atoms with Crippen LogP contribution in [0.15, 0.2) is 42.5 Å². The van der Waals surface area contributed by atoms with E-state index >= 15 is 0 Å². The Morgan fingerprint density at radius 3 is 2.67 bits per heavy atom. The van der Waals surface area contributed by atoms with E-state index in [1.807, 2.05) is 0 Å². The molecule has 2 aromatic carbocycles. The number of fused-ring (bicyclic) bond motifs is 3. The van der Waals surface area contributed by atoms with Crippen molar-refractivity contribution in [2.24, 2.45) is 0 Å². The van der Waals surface area contributed by atoms with Crippen molar-refractivity contribution in [1.29, 1.82) is 0 Å². The molecule has 1 heterocycles. The van der Waals surface area contributed by atoms with E-state index in [1.165, 1.54) is 11.1 Å². The van der Waals surface area contributed by atoms with E-state index in [9.17, 15) is 9.90 Å². The summed E-state index contributed by atoms with van der Waals surface area (Å²) in [6.45, 7) is 7.21. The minimum atomic E-state index is -0.904. The molecule has 0 aromatic heterocycles. The standard InChI is InChI=1S/C23H29NO3/c1-17(2)24-11-4-3-5-12-27-22-10-9-20(23(25)26)15-21(22)14-18-7-6-8-19(13-18)16-24/h6-10,13,15,17H,3-5,11-12,14,16H2,1-2H3,(H,25,26). The fourth-order valence-electron chi connectivity index (χ4n) is 3.58. The van der Waals surface area contributed by atoms with Gasteiger partial charge in [0.2, 0.25) is 0 Å². The molecule has 0 saturated carbocycles. The number of carbonyl (C=O) groups is 1. The van der Waals surface area contributed by atoms with Crippen LogP contribution < -0.4 is 4.74 Å². The lowest BCUT2D eigenvalue weighted by Crippen LogP contribution is -2.31. The third-order valence-corrected chi connectivity index (χ3v) is 5.16. The van der Waals surface area contributed by atoms with Crippen LogP contribution in [-0.4, -0.2) is 35.2 Å². The number of hydrogen-bond donors (Lipinski definition) is 1. The SMILES string of the molecule is CC(C)N1CCCCCOc2ccc(C(=O)O)cc2Cc2cccc(c2)C1. The van der Waals surface area contributed by atoms with Crippen LogP contribution in [0.1, 0.15) is 60.2 Å². The van der Waals surface area contributed by atoms with E-state index in [4.69, 9.17) is 4.74 Å². The number of nitrogens with zero attached hydrogens (tertiary/aromatic N) is 1. The molecule has 4 nitrogen and oxygen atoms in total. The Labute approximate surface area is 161 Å². The van der Waals surface area contributed by atoms with Crippen molar-refractivity contribution < 1.29 is 14.6 Å². The van der Waals surface area contributed by atoms with Gasteiger partial charge < -0.3 is 9.84 Å². The molecule has 0 fully saturated rings. The molecule has 0 atom stereocenters. The topological polar surface area (TPSA) is 49.8 Å². The van der Waals surface area contributed by atoms with Crippen molar-refractivity contribution in [3.63, 3.8) is 0 Å². The first kappa shape index (κ1) is 19.4. The largest absolute Gasteiger partial charge is 0.493 e. The summed E-state index contributed by atoms with van der Waals surface area (Å²) < 4.78 is 6.01. The van der Waals surface area contributed by atoms with Gasteiger partial charge in [-0.1, -0.05) is 24.3 Å². The summed E-state index contributed by atoms with van der Waals surface area (Å²) in [5.41, 5.74) is 3.72. The lowest BCUT2D eigenvalue weighted by molar-refractivity contribution is 0.0696. The molecule has 0 amide bonds. The van der Waals surface area contributed by atoms with Gasteiger partial charge in [-0.2, -0.15) is 0 Å². The van der Waals surface area contributed by atoms with E-state index in [2.05, 4.69) is 43.0 Å². The van der Waals surface area contributed by atoms with Gasteiger partial charge in [-0.25, -0.2) is 4.79 Å². The van der Waals surface area contributed by atoms with Gasteiger partial charge in [-0.3, -0.25) is 4.90 Å². The molecule has 1 N–H and O–H groups in total. The first-order chi connectivity index (χ1) is 13.0. The van der Waals surface area contributed by atoms with Crippen molar-refractivity contribution in [2.45, 2.75) is 52.1 Å². The Morgan fingerprint density at radius 2 is 1.89 bits per heavy atom. The molecule has 1 aliphatic rings. The Hall–Kier alpha value is -2.33. The lowest BCUT2D eigenvalue weighted by atomic mass is 9.99. The molecule has 0 radical (unpaired) electrons. The number of benzene rings is 2. The summed E-state index contributed by atoms with van der Waals surface area (Å²) in [4.78, 5) is 13.9. The van der Waals surface area contributed by atoms with Crippen LogP contribution in [0.4, 0.5) is 0 Å². The van der Waals surface area contributed by atoms with Crippen molar-refractivity contribution in [1.82, 2.24) is 4.90 Å². The molecule has 3 rings (SSSR count). The average Bonchev–Trinajstić information content (AvgIpc) is 2.64. The number of carboxylic acid groups (broad SMARTS) is 1. The Kier molecular flexibility index (Phi) is 6.51. The van der Waals surface area contributed by atoms with E-state index in [1.54, 1.807) is 18.2 Å². The molecule has 0 saturated heterocycles. The zero-order valence-corrected chi connectivity index (χ0v) is 16.3. The highest BCUT2D eigenvalue weighted by atomic mass is 16.5. The summed E-state index contributed by atoms with van der Waals surface area (Å²) in [6.07, 6.45) is 3.97. The summed E-state index contributed by atoms with van der Waals surface area (Å²) >= 11 is 0. The molecule has 0 unspecified atom stereocenters. The van der Waals surface area contributed by atoms with Gasteiger partial charge in [0.05, 0.1) is 12.2 Å². The van der Waals surface area contributed by atoms with Gasteiger partial charge in [0.15, 0.2) is 0 Å². The molecule has 27 heavy (non-hydrogen) atoms. The van der Waals surface area contributed by atoms with Crippen LogP contribution in [0.3, 0.4) is 0 Å². The maximum absolute atomic E-state index is 11.4. The van der Waals surface area contributed by atoms with E-state index < -0.39 is 5.97 Å². The molecule has 4 heteroatoms. The van der Waals surface area contributed by atoms with Gasteiger partial charge in [0, 0.05) is 19.0 Å². The number of carboxylic acids is 1. The smallest absolute Gasteiger partial charge is 0.335 e. The number of ether oxygens (including phenoxy) is 1. The fourth-order valence-corrected chi connectivity index (χ4v) is 3.58. The lowest BCUT2D eigenvalue weighted by Gasteiger charge is -2.27. The maximum atomic E-state index is 11.4. The zero-order valence-electron chi connectivity index (χ0n) is 16.3. The monoisotopic (exact) mass is 367 g/mol. The average molecular weight is 367 g/mol. The van der Waals surface area contributed by atoms with Crippen molar-refractivity contribution in [3.05, 3.63) is 64.7 Å². The number of rotatable bonds is 2. The summed E-state index contributed by atoms with van der Waals surface area (Å²) in [5.74, 6) is -0.107. The molecule has 144 valence electrons. The highest BCUT2D eigenvalue weighted by Gasteiger charge is 2.14. The minimum absolute atomic E-state index is 0.306. The summed E-state index contributed by atoms with van der Waals surface area (Å²) in [7, 11) is 0. The summed E-state index contributed by atoms with van der Waals surface area (Å²) in [5, 5.41) is 9.34. The predicted octanol–water partition coefficient (Wildman–Crippen LogP) is 4.75. The van der Waals surface area contributed by atoms with Crippen molar-refractivity contribution >= 4 is 5.97 Å². The van der Waals surface area contributed by atoms with Gasteiger partial charge in [-0.15, -0.1) is 0 Å². The first-order valence-electron chi connectivity index (χ1n) is 9.84. The highest BCUT2D eigenvalue weighted by molar-refractivity contribution is 5.88. The third-order valence-electron chi connectivity index (χ3n) is 5.16. The molecule has 2 aromatic rings. The zero-order chi connectivity index (χ0) is 19.2. The molecular weight excluding hydrogens is 338 g/mol. The van der Waals surface area contributed by atoms with Crippen LogP contribution in [-0.2, 0) is 13.0 Å². The minimum Gasteiger partial charge on any atom is -0.493 e. The Morgan fingerprint density at radius 1 is 1.07 bits per heavy atom. The number of hydrogen-bond acceptors (Lipinski definition) is 3. The molecular formula is C23H29NO3. The molecule has 2 bridgehead atoms. The van der Waals surface area contributed by atoms with Gasteiger partial charge >= 0.3 is 5.97 Å². The van der Waals surface area contributed by atoms with Crippen LogP contribution in [0.2, 0.25) is 0 Å². The normalized spacial score (nSPS) is 16.3. The second-order valence-corrected chi connectivity index (χ2v) is 7.60.